The summed E-state index contributed by atoms with van der Waals surface area (Å²) in [5.74, 6) is -1.65. The number of carbonyl (C=O) groups is 4. The normalized spacial score (nSPS) is 23.5. The first-order chi connectivity index (χ1) is 24.6. The van der Waals surface area contributed by atoms with Gasteiger partial charge < -0.3 is 14.4 Å². The summed E-state index contributed by atoms with van der Waals surface area (Å²) in [7, 11) is -2.26. The fraction of sp³-hybridized carbons (Fsp3) is 0.475. The van der Waals surface area contributed by atoms with Gasteiger partial charge in [-0.1, -0.05) is 57.2 Å². The number of aromatic nitrogens is 1. The second kappa shape index (κ2) is 14.4. The van der Waals surface area contributed by atoms with E-state index in [-0.39, 0.29) is 56.1 Å². The minimum Gasteiger partial charge on any atom is -0.497 e. The van der Waals surface area contributed by atoms with Crippen molar-refractivity contribution >= 4 is 44.2 Å². The summed E-state index contributed by atoms with van der Waals surface area (Å²) < 4.78 is 39.5. The Morgan fingerprint density at radius 2 is 1.83 bits per heavy atom. The Morgan fingerprint density at radius 1 is 1.10 bits per heavy atom. The number of benzene rings is 2. The predicted octanol–water partition coefficient (Wildman–Crippen LogP) is 5.22. The molecule has 2 aromatic carbocycles. The number of rotatable bonds is 15. The zero-order valence-corrected chi connectivity index (χ0v) is 31.0. The highest BCUT2D eigenvalue weighted by Gasteiger charge is 2.61. The number of ether oxygens (including phenoxy) is 2. The Balaban J connectivity index is 1.28. The van der Waals surface area contributed by atoms with Crippen LogP contribution in [0, 0.1) is 22.7 Å². The zero-order valence-electron chi connectivity index (χ0n) is 30.2. The van der Waals surface area contributed by atoms with Crippen LogP contribution in [0.1, 0.15) is 64.9 Å². The number of methoxy groups -OCH3 is 1. The number of nitrogens with one attached hydrogen (secondary N) is 1. The van der Waals surface area contributed by atoms with Crippen LogP contribution >= 0.6 is 0 Å². The number of allylic oxidation sites excluding steroid dienone is 1. The average Bonchev–Trinajstić information content (AvgIpc) is 4.03. The highest BCUT2D eigenvalue weighted by atomic mass is 32.2. The third-order valence-electron chi connectivity index (χ3n) is 10.7. The Bertz CT molecular complexity index is 1990. The van der Waals surface area contributed by atoms with Crippen molar-refractivity contribution < 1.29 is 37.1 Å². The van der Waals surface area contributed by atoms with Crippen LogP contribution in [0.25, 0.3) is 10.8 Å². The van der Waals surface area contributed by atoms with Gasteiger partial charge in [0.25, 0.3) is 0 Å². The lowest BCUT2D eigenvalue weighted by atomic mass is 9.76. The fourth-order valence-electron chi connectivity index (χ4n) is 7.33. The van der Waals surface area contributed by atoms with E-state index in [1.807, 2.05) is 69.3 Å². The predicted molar refractivity (Wildman–Crippen MR) is 196 cm³/mol. The van der Waals surface area contributed by atoms with Crippen LogP contribution in [-0.4, -0.2) is 72.7 Å². The second-order valence-electron chi connectivity index (χ2n) is 15.5. The molecular weight excluding hydrogens is 683 g/mol. The maximum absolute atomic E-state index is 14.6. The minimum absolute atomic E-state index is 0.0171. The van der Waals surface area contributed by atoms with Crippen molar-refractivity contribution in [3.63, 3.8) is 0 Å². The highest BCUT2D eigenvalue weighted by molar-refractivity contribution is 7.90. The van der Waals surface area contributed by atoms with Crippen molar-refractivity contribution in [2.24, 2.45) is 22.7 Å². The third-order valence-corrected chi connectivity index (χ3v) is 12.5. The van der Waals surface area contributed by atoms with Crippen molar-refractivity contribution in [1.29, 1.82) is 0 Å². The summed E-state index contributed by atoms with van der Waals surface area (Å²) in [6.45, 7) is 9.59. The molecule has 1 N–H and O–H groups in total. The van der Waals surface area contributed by atoms with Gasteiger partial charge in [0.05, 0.1) is 30.4 Å². The summed E-state index contributed by atoms with van der Waals surface area (Å²) in [6, 6.07) is 15.7. The van der Waals surface area contributed by atoms with E-state index in [0.717, 1.165) is 16.3 Å². The first-order valence-corrected chi connectivity index (χ1v) is 19.4. The molecule has 1 aromatic heterocycles. The van der Waals surface area contributed by atoms with E-state index in [1.54, 1.807) is 25.4 Å². The Labute approximate surface area is 305 Å². The number of amides is 2. The number of likely N-dealkylation sites (tertiary alicyclic amines) is 1. The van der Waals surface area contributed by atoms with E-state index in [4.69, 9.17) is 9.47 Å². The molecule has 3 aromatic rings. The monoisotopic (exact) mass is 729 g/mol. The molecule has 0 unspecified atom stereocenters. The molecule has 3 aliphatic rings. The van der Waals surface area contributed by atoms with E-state index < -0.39 is 56.0 Å². The number of carbonyl (C=O) groups excluding carboxylic acids is 4. The van der Waals surface area contributed by atoms with Crippen LogP contribution in [0.2, 0.25) is 0 Å². The fourth-order valence-corrected chi connectivity index (χ4v) is 8.72. The first kappa shape index (κ1) is 37.2. The maximum Gasteiger partial charge on any atom is 0.240 e. The van der Waals surface area contributed by atoms with Crippen molar-refractivity contribution in [2.45, 2.75) is 83.1 Å². The van der Waals surface area contributed by atoms with Crippen molar-refractivity contribution in [1.82, 2.24) is 14.6 Å². The SMILES string of the molecule is C=C[C@@H]1C[C@]1(CC(=O)[C@@H]1C[C@@H](Oc2nccc3cc(OC)ccc23)CN1C(=O)[C@@H](CC(=O)Cc1ccccc1)C(C)(C)C)C(=O)NS(=O)(=O)C1CC1. The smallest absolute Gasteiger partial charge is 0.240 e. The van der Waals surface area contributed by atoms with Gasteiger partial charge in [0.15, 0.2) is 5.78 Å². The van der Waals surface area contributed by atoms with Gasteiger partial charge in [-0.25, -0.2) is 13.4 Å². The molecule has 276 valence electrons. The second-order valence-corrected chi connectivity index (χ2v) is 17.5. The van der Waals surface area contributed by atoms with Gasteiger partial charge in [-0.3, -0.25) is 23.9 Å². The molecule has 3 fully saturated rings. The van der Waals surface area contributed by atoms with Crippen LogP contribution in [-0.2, 0) is 35.6 Å². The van der Waals surface area contributed by atoms with Gasteiger partial charge in [-0.05, 0) is 65.8 Å². The molecule has 0 bridgehead atoms. The molecule has 1 aliphatic heterocycles. The van der Waals surface area contributed by atoms with E-state index in [2.05, 4.69) is 16.3 Å². The van der Waals surface area contributed by atoms with Gasteiger partial charge >= 0.3 is 0 Å². The molecule has 1 saturated heterocycles. The summed E-state index contributed by atoms with van der Waals surface area (Å²) >= 11 is 0. The summed E-state index contributed by atoms with van der Waals surface area (Å²) in [5.41, 5.74) is -1.06. The molecular formula is C40H47N3O8S. The van der Waals surface area contributed by atoms with E-state index >= 15 is 0 Å². The molecule has 5 atom stereocenters. The van der Waals surface area contributed by atoms with Gasteiger partial charge in [0.1, 0.15) is 17.6 Å². The largest absolute Gasteiger partial charge is 0.497 e. The highest BCUT2D eigenvalue weighted by Crippen LogP contribution is 2.57. The number of hydrogen-bond acceptors (Lipinski definition) is 9. The summed E-state index contributed by atoms with van der Waals surface area (Å²) in [6.07, 6.45) is 3.84. The van der Waals surface area contributed by atoms with E-state index in [9.17, 15) is 27.6 Å². The number of sulfonamides is 1. The minimum atomic E-state index is -3.84. The van der Waals surface area contributed by atoms with Gasteiger partial charge in [-0.15, -0.1) is 6.58 Å². The first-order valence-electron chi connectivity index (χ1n) is 17.8. The molecule has 12 heteroatoms. The molecule has 2 aliphatic carbocycles. The van der Waals surface area contributed by atoms with E-state index in [0.29, 0.717) is 24.5 Å². The van der Waals surface area contributed by atoms with Crippen LogP contribution in [0.15, 0.2) is 73.4 Å². The number of fused-ring (bicyclic) bond motifs is 1. The molecule has 2 amide bonds. The van der Waals surface area contributed by atoms with Crippen LogP contribution in [0.5, 0.6) is 11.6 Å². The summed E-state index contributed by atoms with van der Waals surface area (Å²) in [5, 5.41) is 0.967. The Kier molecular flexibility index (Phi) is 10.3. The molecule has 0 spiro atoms. The molecule has 2 heterocycles. The Hall–Kier alpha value is -4.58. The number of Topliss-reactive ketones (excluding diaryl/α,β-unsaturated/α-hetero) is 2. The third kappa shape index (κ3) is 7.91. The van der Waals surface area contributed by atoms with Crippen molar-refractivity contribution in [2.75, 3.05) is 13.7 Å². The quantitative estimate of drug-likeness (QED) is 0.208. The van der Waals surface area contributed by atoms with E-state index in [1.165, 1.54) is 4.90 Å². The summed E-state index contributed by atoms with van der Waals surface area (Å²) in [4.78, 5) is 62.0. The van der Waals surface area contributed by atoms with Crippen LogP contribution < -0.4 is 14.2 Å². The molecule has 0 radical (unpaired) electrons. The van der Waals surface area contributed by atoms with Gasteiger partial charge in [0.2, 0.25) is 27.7 Å². The number of nitrogens with zero attached hydrogens (tertiary/aromatic N) is 2. The van der Waals surface area contributed by atoms with Gasteiger partial charge in [-0.2, -0.15) is 0 Å². The standard InChI is InChI=1S/C40H47N3O8S/c1-6-27-22-40(27,38(47)42-52(48,49)31-13-14-31)23-35(45)34-21-30(51-36-32-15-12-29(50-5)19-26(32)16-17-41-36)24-43(34)37(46)33(39(2,3)4)20-28(44)18-25-10-8-7-9-11-25/h6-12,15-17,19,27,30-31,33-34H,1,13-14,18,20-24H2,2-5H3,(H,42,47)/t27-,30-,33-,34+,40-/m1/s1. The van der Waals surface area contributed by atoms with Crippen LogP contribution in [0.3, 0.4) is 0 Å². The molecule has 52 heavy (non-hydrogen) atoms. The topological polar surface area (TPSA) is 149 Å². The van der Waals surface area contributed by atoms with Crippen LogP contribution in [0.4, 0.5) is 0 Å². The lowest BCUT2D eigenvalue weighted by Gasteiger charge is -2.35. The molecule has 11 nitrogen and oxygen atoms in total. The van der Waals surface area contributed by atoms with Gasteiger partial charge in [0, 0.05) is 43.2 Å². The lowest BCUT2D eigenvalue weighted by molar-refractivity contribution is -0.146. The van der Waals surface area contributed by atoms with Crippen molar-refractivity contribution in [3.8, 4) is 11.6 Å². The number of pyridine rings is 1. The molecule has 6 rings (SSSR count). The number of hydrogen-bond donors (Lipinski definition) is 1. The lowest BCUT2D eigenvalue weighted by Crippen LogP contribution is -2.48. The maximum atomic E-state index is 14.6. The molecule has 2 saturated carbocycles. The average molecular weight is 730 g/mol. The van der Waals surface area contributed by atoms with Crippen molar-refractivity contribution in [3.05, 3.63) is 79.0 Å². The zero-order chi connectivity index (χ0) is 37.4. The number of ketones is 2. The Morgan fingerprint density at radius 3 is 2.46 bits per heavy atom.